The van der Waals surface area contributed by atoms with Crippen LogP contribution in [0.15, 0.2) is 29.2 Å². The van der Waals surface area contributed by atoms with E-state index in [2.05, 4.69) is 50.4 Å². The molecule has 1 saturated carbocycles. The SMILES string of the molecule is CC(C)(C)OC1CC(Nc2ccc(SCCCO)cc2)C1. The monoisotopic (exact) mass is 309 g/mol. The molecule has 0 heterocycles. The second-order valence-electron chi connectivity index (χ2n) is 6.61. The number of thioether (sulfide) groups is 1. The maximum atomic E-state index is 8.78. The molecule has 21 heavy (non-hydrogen) atoms. The molecule has 2 rings (SSSR count). The Morgan fingerprint density at radius 1 is 1.24 bits per heavy atom. The van der Waals surface area contributed by atoms with Crippen LogP contribution in [0, 0.1) is 0 Å². The largest absolute Gasteiger partial charge is 0.396 e. The molecular formula is C17H27NO2S. The van der Waals surface area contributed by atoms with Crippen molar-refractivity contribution in [2.75, 3.05) is 17.7 Å². The van der Waals surface area contributed by atoms with Gasteiger partial charge in [0.05, 0.1) is 11.7 Å². The molecule has 3 nitrogen and oxygen atoms in total. The van der Waals surface area contributed by atoms with Crippen molar-refractivity contribution in [2.45, 2.75) is 62.7 Å². The highest BCUT2D eigenvalue weighted by atomic mass is 32.2. The van der Waals surface area contributed by atoms with Crippen molar-refractivity contribution in [3.63, 3.8) is 0 Å². The van der Waals surface area contributed by atoms with Crippen LogP contribution < -0.4 is 5.32 Å². The highest BCUT2D eigenvalue weighted by molar-refractivity contribution is 7.99. The van der Waals surface area contributed by atoms with E-state index in [0.717, 1.165) is 25.0 Å². The predicted molar refractivity (Wildman–Crippen MR) is 90.1 cm³/mol. The summed E-state index contributed by atoms with van der Waals surface area (Å²) >= 11 is 1.79. The molecule has 0 bridgehead atoms. The van der Waals surface area contributed by atoms with Gasteiger partial charge in [-0.05, 0) is 64.3 Å². The third-order valence-corrected chi connectivity index (χ3v) is 4.51. The van der Waals surface area contributed by atoms with Gasteiger partial charge < -0.3 is 15.2 Å². The Balaban J connectivity index is 1.70. The number of nitrogens with one attached hydrogen (secondary N) is 1. The number of aliphatic hydroxyl groups excluding tert-OH is 1. The van der Waals surface area contributed by atoms with Crippen molar-refractivity contribution in [1.29, 1.82) is 0 Å². The molecule has 1 aromatic rings. The summed E-state index contributed by atoms with van der Waals surface area (Å²) in [6.07, 6.45) is 3.42. The van der Waals surface area contributed by atoms with Crippen molar-refractivity contribution < 1.29 is 9.84 Å². The van der Waals surface area contributed by atoms with Crippen LogP contribution in [0.3, 0.4) is 0 Å². The number of ether oxygens (including phenoxy) is 1. The number of aliphatic hydroxyl groups is 1. The van der Waals surface area contributed by atoms with Gasteiger partial charge in [0.2, 0.25) is 0 Å². The van der Waals surface area contributed by atoms with E-state index in [4.69, 9.17) is 9.84 Å². The van der Waals surface area contributed by atoms with Crippen LogP contribution in [0.2, 0.25) is 0 Å². The van der Waals surface area contributed by atoms with Gasteiger partial charge in [-0.3, -0.25) is 0 Å². The molecule has 0 saturated heterocycles. The molecule has 0 radical (unpaired) electrons. The minimum absolute atomic E-state index is 0.0386. The Hall–Kier alpha value is -0.710. The molecular weight excluding hydrogens is 282 g/mol. The number of rotatable bonds is 7. The molecule has 1 aromatic carbocycles. The van der Waals surface area contributed by atoms with Crippen LogP contribution in [0.5, 0.6) is 0 Å². The van der Waals surface area contributed by atoms with E-state index in [1.165, 1.54) is 10.6 Å². The Labute approximate surface area is 132 Å². The van der Waals surface area contributed by atoms with E-state index in [1.54, 1.807) is 11.8 Å². The quantitative estimate of drug-likeness (QED) is 0.592. The number of anilines is 1. The average Bonchev–Trinajstić information content (AvgIpc) is 2.37. The van der Waals surface area contributed by atoms with Gasteiger partial charge in [0.15, 0.2) is 0 Å². The minimum atomic E-state index is -0.0386. The lowest BCUT2D eigenvalue weighted by Gasteiger charge is -2.40. The first-order valence-electron chi connectivity index (χ1n) is 7.74. The molecule has 0 aromatic heterocycles. The second kappa shape index (κ2) is 7.52. The maximum absolute atomic E-state index is 8.78. The summed E-state index contributed by atoms with van der Waals surface area (Å²) in [6, 6.07) is 9.10. The smallest absolute Gasteiger partial charge is 0.0621 e. The van der Waals surface area contributed by atoms with Gasteiger partial charge in [0, 0.05) is 29.0 Å². The summed E-state index contributed by atoms with van der Waals surface area (Å²) in [5.74, 6) is 0.970. The molecule has 2 N–H and O–H groups in total. The number of hydrogen-bond donors (Lipinski definition) is 2. The lowest BCUT2D eigenvalue weighted by Crippen LogP contribution is -2.44. The van der Waals surface area contributed by atoms with Crippen LogP contribution in [-0.2, 0) is 4.74 Å². The minimum Gasteiger partial charge on any atom is -0.396 e. The van der Waals surface area contributed by atoms with Crippen molar-refractivity contribution in [1.82, 2.24) is 0 Å². The summed E-state index contributed by atoms with van der Waals surface area (Å²) in [5, 5.41) is 12.3. The van der Waals surface area contributed by atoms with E-state index in [0.29, 0.717) is 12.1 Å². The van der Waals surface area contributed by atoms with Gasteiger partial charge in [0.1, 0.15) is 0 Å². The third kappa shape index (κ3) is 5.89. The van der Waals surface area contributed by atoms with Gasteiger partial charge in [0.25, 0.3) is 0 Å². The number of hydrogen-bond acceptors (Lipinski definition) is 4. The predicted octanol–water partition coefficient (Wildman–Crippen LogP) is 3.92. The summed E-state index contributed by atoms with van der Waals surface area (Å²) in [6.45, 7) is 6.61. The van der Waals surface area contributed by atoms with Gasteiger partial charge in [-0.15, -0.1) is 11.8 Å². The fourth-order valence-corrected chi connectivity index (χ4v) is 3.26. The van der Waals surface area contributed by atoms with Gasteiger partial charge in [-0.2, -0.15) is 0 Å². The molecule has 4 heteroatoms. The average molecular weight is 309 g/mol. The van der Waals surface area contributed by atoms with Crippen molar-refractivity contribution in [2.24, 2.45) is 0 Å². The summed E-state index contributed by atoms with van der Waals surface area (Å²) < 4.78 is 5.95. The molecule has 1 aliphatic carbocycles. The fraction of sp³-hybridized carbons (Fsp3) is 0.647. The topological polar surface area (TPSA) is 41.5 Å². The van der Waals surface area contributed by atoms with Crippen molar-refractivity contribution in [3.8, 4) is 0 Å². The molecule has 0 spiro atoms. The van der Waals surface area contributed by atoms with Crippen LogP contribution in [-0.4, -0.2) is 35.2 Å². The van der Waals surface area contributed by atoms with Crippen LogP contribution in [0.4, 0.5) is 5.69 Å². The Bertz CT molecular complexity index is 421. The Kier molecular flexibility index (Phi) is 5.97. The molecule has 1 fully saturated rings. The standard InChI is InChI=1S/C17H27NO2S/c1-17(2,3)20-15-11-14(12-15)18-13-5-7-16(8-6-13)21-10-4-9-19/h5-8,14-15,18-19H,4,9-12H2,1-3H3. The van der Waals surface area contributed by atoms with Crippen molar-refractivity contribution >= 4 is 17.4 Å². The zero-order valence-corrected chi connectivity index (χ0v) is 14.1. The summed E-state index contributed by atoms with van der Waals surface area (Å²) in [7, 11) is 0. The summed E-state index contributed by atoms with van der Waals surface area (Å²) in [4.78, 5) is 1.26. The van der Waals surface area contributed by atoms with E-state index >= 15 is 0 Å². The molecule has 0 amide bonds. The van der Waals surface area contributed by atoms with E-state index in [-0.39, 0.29) is 12.2 Å². The zero-order chi connectivity index (χ0) is 15.3. The number of benzene rings is 1. The lowest BCUT2D eigenvalue weighted by molar-refractivity contribution is -0.0953. The van der Waals surface area contributed by atoms with E-state index in [1.807, 2.05) is 0 Å². The van der Waals surface area contributed by atoms with Crippen LogP contribution >= 0.6 is 11.8 Å². The maximum Gasteiger partial charge on any atom is 0.0621 e. The first kappa shape index (κ1) is 16.7. The highest BCUT2D eigenvalue weighted by Crippen LogP contribution is 2.30. The molecule has 0 atom stereocenters. The molecule has 0 aliphatic heterocycles. The first-order chi connectivity index (χ1) is 9.96. The molecule has 118 valence electrons. The van der Waals surface area contributed by atoms with Gasteiger partial charge >= 0.3 is 0 Å². The van der Waals surface area contributed by atoms with Crippen LogP contribution in [0.1, 0.15) is 40.0 Å². The van der Waals surface area contributed by atoms with E-state index in [9.17, 15) is 0 Å². The van der Waals surface area contributed by atoms with Crippen molar-refractivity contribution in [3.05, 3.63) is 24.3 Å². The lowest BCUT2D eigenvalue weighted by atomic mass is 9.88. The second-order valence-corrected chi connectivity index (χ2v) is 7.78. The Morgan fingerprint density at radius 3 is 2.48 bits per heavy atom. The third-order valence-electron chi connectivity index (χ3n) is 3.41. The molecule has 1 aliphatic rings. The fourth-order valence-electron chi connectivity index (χ4n) is 2.42. The zero-order valence-electron chi connectivity index (χ0n) is 13.3. The summed E-state index contributed by atoms with van der Waals surface area (Å²) in [5.41, 5.74) is 1.14. The van der Waals surface area contributed by atoms with Gasteiger partial charge in [-0.25, -0.2) is 0 Å². The van der Waals surface area contributed by atoms with E-state index < -0.39 is 0 Å². The highest BCUT2D eigenvalue weighted by Gasteiger charge is 2.32. The van der Waals surface area contributed by atoms with Gasteiger partial charge in [-0.1, -0.05) is 0 Å². The molecule has 0 unspecified atom stereocenters. The first-order valence-corrected chi connectivity index (χ1v) is 8.73. The Morgan fingerprint density at radius 2 is 1.90 bits per heavy atom. The normalized spacial score (nSPS) is 21.9. The van der Waals surface area contributed by atoms with Crippen LogP contribution in [0.25, 0.3) is 0 Å².